The number of hydrogen-bond acceptors (Lipinski definition) is 2. The second-order valence-electron chi connectivity index (χ2n) is 4.35. The van der Waals surface area contributed by atoms with Crippen molar-refractivity contribution in [2.45, 2.75) is 25.7 Å². The summed E-state index contributed by atoms with van der Waals surface area (Å²) in [5.74, 6) is 0.0257. The average molecular weight is 226 g/mol. The van der Waals surface area contributed by atoms with Crippen molar-refractivity contribution in [2.24, 2.45) is 5.41 Å². The van der Waals surface area contributed by atoms with Crippen molar-refractivity contribution in [1.29, 1.82) is 0 Å². The van der Waals surface area contributed by atoms with E-state index in [0.29, 0.717) is 10.5 Å². The maximum Gasteiger partial charge on any atom is 0.186 e. The summed E-state index contributed by atoms with van der Waals surface area (Å²) in [4.78, 5) is 12.1. The second kappa shape index (κ2) is 4.24. The van der Waals surface area contributed by atoms with Crippen molar-refractivity contribution in [3.05, 3.63) is 29.8 Å². The highest BCUT2D eigenvalue weighted by Crippen LogP contribution is 2.21. The Morgan fingerprint density at radius 3 is 2.00 bits per heavy atom. The zero-order chi connectivity index (χ0) is 11.6. The molecule has 1 rings (SSSR count). The van der Waals surface area contributed by atoms with Gasteiger partial charge in [0.05, 0.1) is 4.90 Å². The Bertz CT molecular complexity index is 387. The monoisotopic (exact) mass is 226 g/mol. The van der Waals surface area contributed by atoms with E-state index in [0.717, 1.165) is 0 Å². The van der Waals surface area contributed by atoms with Crippen molar-refractivity contribution in [1.82, 2.24) is 0 Å². The summed E-state index contributed by atoms with van der Waals surface area (Å²) in [5.41, 5.74) is 0.136. The molecule has 0 fully saturated rings. The Morgan fingerprint density at radius 2 is 1.67 bits per heavy atom. The average Bonchev–Trinajstić information content (AvgIpc) is 2.15. The van der Waals surface area contributed by atoms with Gasteiger partial charge in [-0.3, -0.25) is 4.79 Å². The van der Waals surface area contributed by atoms with E-state index in [-0.39, 0.29) is 5.78 Å². The van der Waals surface area contributed by atoms with E-state index in [1.165, 1.54) is 12.1 Å². The molecule has 0 aliphatic carbocycles. The lowest BCUT2D eigenvalue weighted by atomic mass is 9.87. The minimum absolute atomic E-state index is 0.0257. The SMILES string of the molecule is CC(C)(C)C(=O)c1ccc(S(=O)O)cc1. The molecule has 1 atom stereocenters. The summed E-state index contributed by atoms with van der Waals surface area (Å²) in [7, 11) is 0. The molecular weight excluding hydrogens is 212 g/mol. The van der Waals surface area contributed by atoms with Crippen LogP contribution in [0.15, 0.2) is 29.2 Å². The first kappa shape index (κ1) is 12.1. The molecule has 0 saturated carbocycles. The van der Waals surface area contributed by atoms with Crippen molar-refractivity contribution in [3.8, 4) is 0 Å². The van der Waals surface area contributed by atoms with Gasteiger partial charge in [-0.05, 0) is 12.1 Å². The van der Waals surface area contributed by atoms with Crippen LogP contribution in [0.25, 0.3) is 0 Å². The lowest BCUT2D eigenvalue weighted by Crippen LogP contribution is -2.20. The third-order valence-electron chi connectivity index (χ3n) is 2.00. The van der Waals surface area contributed by atoms with Crippen LogP contribution >= 0.6 is 0 Å². The molecule has 0 radical (unpaired) electrons. The molecule has 1 aromatic carbocycles. The van der Waals surface area contributed by atoms with Crippen LogP contribution in [0.4, 0.5) is 0 Å². The van der Waals surface area contributed by atoms with Gasteiger partial charge in [0.25, 0.3) is 0 Å². The van der Waals surface area contributed by atoms with Gasteiger partial charge in [-0.1, -0.05) is 32.9 Å². The minimum atomic E-state index is -1.98. The van der Waals surface area contributed by atoms with Gasteiger partial charge in [0.1, 0.15) is 0 Å². The number of carbonyl (C=O) groups excluding carboxylic acids is 1. The van der Waals surface area contributed by atoms with Gasteiger partial charge in [-0.2, -0.15) is 0 Å². The number of carbonyl (C=O) groups is 1. The first-order valence-corrected chi connectivity index (χ1v) is 5.69. The van der Waals surface area contributed by atoms with Crippen molar-refractivity contribution < 1.29 is 13.6 Å². The van der Waals surface area contributed by atoms with Crippen molar-refractivity contribution >= 4 is 16.9 Å². The summed E-state index contributed by atoms with van der Waals surface area (Å²) in [6.45, 7) is 5.52. The van der Waals surface area contributed by atoms with E-state index in [2.05, 4.69) is 0 Å². The van der Waals surface area contributed by atoms with Crippen LogP contribution < -0.4 is 0 Å². The number of hydrogen-bond donors (Lipinski definition) is 1. The van der Waals surface area contributed by atoms with Gasteiger partial charge < -0.3 is 4.55 Å². The third kappa shape index (κ3) is 2.97. The molecule has 82 valence electrons. The second-order valence-corrected chi connectivity index (χ2v) is 5.32. The van der Waals surface area contributed by atoms with E-state index in [9.17, 15) is 9.00 Å². The maximum absolute atomic E-state index is 11.8. The fraction of sp³-hybridized carbons (Fsp3) is 0.364. The summed E-state index contributed by atoms with van der Waals surface area (Å²) in [6, 6.07) is 6.15. The van der Waals surface area contributed by atoms with Gasteiger partial charge in [0, 0.05) is 11.0 Å². The van der Waals surface area contributed by atoms with E-state index in [1.807, 2.05) is 20.8 Å². The quantitative estimate of drug-likeness (QED) is 0.622. The predicted octanol–water partition coefficient (Wildman–Crippen LogP) is 2.50. The van der Waals surface area contributed by atoms with E-state index in [1.54, 1.807) is 12.1 Å². The van der Waals surface area contributed by atoms with E-state index < -0.39 is 16.5 Å². The zero-order valence-electron chi connectivity index (χ0n) is 8.98. The van der Waals surface area contributed by atoms with Crippen molar-refractivity contribution in [3.63, 3.8) is 0 Å². The number of benzene rings is 1. The number of ketones is 1. The van der Waals surface area contributed by atoms with Crippen LogP contribution in [-0.4, -0.2) is 14.5 Å². The number of Topliss-reactive ketones (excluding diaryl/α,β-unsaturated/α-hetero) is 1. The summed E-state index contributed by atoms with van der Waals surface area (Å²) in [5, 5.41) is 0. The summed E-state index contributed by atoms with van der Waals surface area (Å²) < 4.78 is 19.5. The Hall–Kier alpha value is -1.00. The van der Waals surface area contributed by atoms with Crippen LogP contribution in [0.5, 0.6) is 0 Å². The molecule has 0 bridgehead atoms. The zero-order valence-corrected chi connectivity index (χ0v) is 9.80. The lowest BCUT2D eigenvalue weighted by Gasteiger charge is -2.16. The van der Waals surface area contributed by atoms with Crippen LogP contribution in [0.3, 0.4) is 0 Å². The molecular formula is C11H14O3S. The molecule has 0 saturated heterocycles. The highest BCUT2D eigenvalue weighted by molar-refractivity contribution is 7.79. The topological polar surface area (TPSA) is 54.4 Å². The first-order valence-electron chi connectivity index (χ1n) is 4.58. The third-order valence-corrected chi connectivity index (χ3v) is 2.67. The van der Waals surface area contributed by atoms with Gasteiger partial charge in [0.15, 0.2) is 16.9 Å². The molecule has 1 N–H and O–H groups in total. The molecule has 0 amide bonds. The minimum Gasteiger partial charge on any atom is -0.302 e. The van der Waals surface area contributed by atoms with Crippen LogP contribution in [0, 0.1) is 5.41 Å². The molecule has 1 aromatic rings. The Morgan fingerprint density at radius 1 is 1.20 bits per heavy atom. The predicted molar refractivity (Wildman–Crippen MR) is 59.3 cm³/mol. The maximum atomic E-state index is 11.8. The Balaban J connectivity index is 3.00. The van der Waals surface area contributed by atoms with Gasteiger partial charge in [-0.25, -0.2) is 4.21 Å². The molecule has 0 aliphatic rings. The molecule has 0 aromatic heterocycles. The smallest absolute Gasteiger partial charge is 0.186 e. The van der Waals surface area contributed by atoms with Crippen LogP contribution in [0.2, 0.25) is 0 Å². The number of rotatable bonds is 2. The highest BCUT2D eigenvalue weighted by Gasteiger charge is 2.22. The Labute approximate surface area is 91.8 Å². The van der Waals surface area contributed by atoms with E-state index in [4.69, 9.17) is 4.55 Å². The molecule has 4 heteroatoms. The molecule has 1 unspecified atom stereocenters. The fourth-order valence-electron chi connectivity index (χ4n) is 1.16. The van der Waals surface area contributed by atoms with Gasteiger partial charge in [0.2, 0.25) is 0 Å². The highest BCUT2D eigenvalue weighted by atomic mass is 32.2. The molecule has 3 nitrogen and oxygen atoms in total. The molecule has 0 heterocycles. The van der Waals surface area contributed by atoms with Crippen molar-refractivity contribution in [2.75, 3.05) is 0 Å². The molecule has 15 heavy (non-hydrogen) atoms. The fourth-order valence-corrected chi connectivity index (χ4v) is 1.52. The summed E-state index contributed by atoms with van der Waals surface area (Å²) in [6.07, 6.45) is 0. The van der Waals surface area contributed by atoms with E-state index >= 15 is 0 Å². The standard InChI is InChI=1S/C11H14O3S/c1-11(2,3)10(12)8-4-6-9(7-5-8)15(13)14/h4-7H,1-3H3,(H,13,14). The lowest BCUT2D eigenvalue weighted by molar-refractivity contribution is 0.0858. The van der Waals surface area contributed by atoms with Crippen LogP contribution in [0.1, 0.15) is 31.1 Å². The largest absolute Gasteiger partial charge is 0.302 e. The first-order chi connectivity index (χ1) is 6.82. The Kier molecular flexibility index (Phi) is 3.42. The van der Waals surface area contributed by atoms with Gasteiger partial charge >= 0.3 is 0 Å². The normalized spacial score (nSPS) is 13.6. The summed E-state index contributed by atoms with van der Waals surface area (Å²) >= 11 is -1.98. The van der Waals surface area contributed by atoms with Gasteiger partial charge in [-0.15, -0.1) is 0 Å². The molecule has 0 aliphatic heterocycles. The van der Waals surface area contributed by atoms with Crippen LogP contribution in [-0.2, 0) is 11.1 Å². The molecule has 0 spiro atoms.